The fourth-order valence-electron chi connectivity index (χ4n) is 2.78. The summed E-state index contributed by atoms with van der Waals surface area (Å²) in [4.78, 5) is 23.7. The fourth-order valence-corrected chi connectivity index (χ4v) is 4.04. The molecule has 0 bridgehead atoms. The maximum Gasteiger partial charge on any atom is 0.273 e. The Balaban J connectivity index is 1.66. The van der Waals surface area contributed by atoms with E-state index in [0.29, 0.717) is 10.8 Å². The summed E-state index contributed by atoms with van der Waals surface area (Å²) >= 11 is 14.0. The van der Waals surface area contributed by atoms with Gasteiger partial charge in [0.2, 0.25) is 6.35 Å². The summed E-state index contributed by atoms with van der Waals surface area (Å²) in [5.41, 5.74) is -0.442. The van der Waals surface area contributed by atoms with Gasteiger partial charge in [-0.1, -0.05) is 23.2 Å². The fraction of sp³-hybridized carbons (Fsp3) is 0.105. The predicted molar refractivity (Wildman–Crippen MR) is 116 cm³/mol. The molecule has 12 heteroatoms. The molecule has 160 valence electrons. The molecule has 1 aromatic carbocycles. The Morgan fingerprint density at radius 3 is 2.61 bits per heavy atom. The van der Waals surface area contributed by atoms with Crippen LogP contribution < -0.4 is 20.6 Å². The number of anilines is 1. The van der Waals surface area contributed by atoms with Crippen LogP contribution in [0.25, 0.3) is 5.00 Å². The Labute approximate surface area is 188 Å². The van der Waals surface area contributed by atoms with Crippen molar-refractivity contribution in [1.29, 1.82) is 0 Å². The van der Waals surface area contributed by atoms with Crippen molar-refractivity contribution >= 4 is 51.8 Å². The lowest BCUT2D eigenvalue weighted by molar-refractivity contribution is -0.118. The highest BCUT2D eigenvalue weighted by Gasteiger charge is 2.29. The quantitative estimate of drug-likeness (QED) is 0.579. The number of nitrogens with one attached hydrogen (secondary N) is 1. The van der Waals surface area contributed by atoms with Gasteiger partial charge in [-0.15, -0.1) is 11.3 Å². The molecule has 1 unspecified atom stereocenters. The van der Waals surface area contributed by atoms with Gasteiger partial charge >= 0.3 is 0 Å². The number of pyridine rings is 1. The van der Waals surface area contributed by atoms with E-state index in [9.17, 15) is 19.1 Å². The van der Waals surface area contributed by atoms with Crippen molar-refractivity contribution in [2.75, 3.05) is 11.7 Å². The minimum absolute atomic E-state index is 0.0671. The van der Waals surface area contributed by atoms with E-state index in [0.717, 1.165) is 5.01 Å². The van der Waals surface area contributed by atoms with E-state index in [2.05, 4.69) is 10.4 Å². The zero-order valence-corrected chi connectivity index (χ0v) is 17.8. The van der Waals surface area contributed by atoms with Gasteiger partial charge in [0.1, 0.15) is 17.4 Å². The van der Waals surface area contributed by atoms with Crippen molar-refractivity contribution in [3.63, 3.8) is 0 Å². The molecule has 0 saturated heterocycles. The highest BCUT2D eigenvalue weighted by molar-refractivity contribution is 7.12. The van der Waals surface area contributed by atoms with Crippen molar-refractivity contribution in [2.24, 2.45) is 5.10 Å². The van der Waals surface area contributed by atoms with E-state index >= 15 is 0 Å². The summed E-state index contributed by atoms with van der Waals surface area (Å²) in [6.45, 7) is -1.11. The summed E-state index contributed by atoms with van der Waals surface area (Å²) < 4.78 is 20.2. The number of aliphatic hydroxyl groups is 1. The number of halogens is 3. The molecule has 2 aromatic heterocycles. The second-order valence-corrected chi connectivity index (χ2v) is 7.98. The number of hydrogen-bond acceptors (Lipinski definition) is 7. The summed E-state index contributed by atoms with van der Waals surface area (Å²) in [5.74, 6) is -0.398. The number of thiophene rings is 1. The number of alkyl halides is 1. The van der Waals surface area contributed by atoms with E-state index in [1.807, 2.05) is 11.4 Å². The van der Waals surface area contributed by atoms with Crippen molar-refractivity contribution in [3.05, 3.63) is 68.4 Å². The van der Waals surface area contributed by atoms with Crippen LogP contribution in [0.15, 0.2) is 57.9 Å². The number of rotatable bonds is 5. The van der Waals surface area contributed by atoms with Gasteiger partial charge in [0, 0.05) is 6.07 Å². The number of carbonyl (C=O) groups is 1. The second kappa shape index (κ2) is 8.67. The minimum atomic E-state index is -1.53. The SMILES string of the molecule is O=C1NC(O)N(c2cc(Cl)c(Oc3ccc(=O)n(-c4cccs4)c3)c(Cl)c2)N=C1CF. The molecule has 4 rings (SSSR count). The van der Waals surface area contributed by atoms with Crippen LogP contribution in [0, 0.1) is 0 Å². The van der Waals surface area contributed by atoms with Gasteiger partial charge in [0.25, 0.3) is 11.5 Å². The standard InChI is InChI=1S/C19H13Cl2FN4O4S/c20-12-6-10(26-19(29)23-18(28)14(8-22)24-26)7-13(21)17(12)30-11-3-4-15(27)25(9-11)16-2-1-5-31-16/h1-7,9,19,29H,8H2,(H,23,28). The molecule has 1 aliphatic rings. The van der Waals surface area contributed by atoms with Crippen LogP contribution in [0.2, 0.25) is 10.0 Å². The molecule has 1 atom stereocenters. The smallest absolute Gasteiger partial charge is 0.273 e. The zero-order valence-electron chi connectivity index (χ0n) is 15.5. The molecule has 3 aromatic rings. The third kappa shape index (κ3) is 4.28. The van der Waals surface area contributed by atoms with Crippen LogP contribution in [0.1, 0.15) is 0 Å². The second-order valence-electron chi connectivity index (χ2n) is 6.24. The van der Waals surface area contributed by atoms with Gasteiger partial charge in [0.15, 0.2) is 11.5 Å². The molecule has 0 spiro atoms. The molecular formula is C19H13Cl2FN4O4S. The molecule has 3 heterocycles. The number of aliphatic hydroxyl groups excluding tert-OH is 1. The zero-order chi connectivity index (χ0) is 22.1. The first-order chi connectivity index (χ1) is 14.9. The van der Waals surface area contributed by atoms with Crippen LogP contribution in [0.5, 0.6) is 11.5 Å². The van der Waals surface area contributed by atoms with Gasteiger partial charge in [-0.3, -0.25) is 14.2 Å². The molecule has 0 aliphatic carbocycles. The minimum Gasteiger partial charge on any atom is -0.453 e. The van der Waals surface area contributed by atoms with Gasteiger partial charge in [-0.05, 0) is 35.7 Å². The van der Waals surface area contributed by atoms with Crippen molar-refractivity contribution < 1.29 is 19.0 Å². The van der Waals surface area contributed by atoms with Crippen LogP contribution >= 0.6 is 34.5 Å². The largest absolute Gasteiger partial charge is 0.453 e. The lowest BCUT2D eigenvalue weighted by Gasteiger charge is -2.30. The average Bonchev–Trinajstić information content (AvgIpc) is 3.26. The Morgan fingerprint density at radius 1 is 1.23 bits per heavy atom. The van der Waals surface area contributed by atoms with E-state index in [-0.39, 0.29) is 27.0 Å². The number of hydrazone groups is 1. The highest BCUT2D eigenvalue weighted by Crippen LogP contribution is 2.40. The van der Waals surface area contributed by atoms with Crippen LogP contribution in [0.4, 0.5) is 10.1 Å². The molecule has 1 amide bonds. The summed E-state index contributed by atoms with van der Waals surface area (Å²) in [6.07, 6.45) is -0.0210. The number of amides is 1. The summed E-state index contributed by atoms with van der Waals surface area (Å²) in [7, 11) is 0. The average molecular weight is 483 g/mol. The normalized spacial score (nSPS) is 16.1. The lowest BCUT2D eigenvalue weighted by Crippen LogP contribution is -2.53. The third-order valence-corrected chi connectivity index (χ3v) is 5.63. The Morgan fingerprint density at radius 2 is 1.97 bits per heavy atom. The van der Waals surface area contributed by atoms with Crippen LogP contribution in [0.3, 0.4) is 0 Å². The van der Waals surface area contributed by atoms with E-state index < -0.39 is 24.6 Å². The molecule has 31 heavy (non-hydrogen) atoms. The topological polar surface area (TPSA) is 96.2 Å². The first-order valence-electron chi connectivity index (χ1n) is 8.72. The van der Waals surface area contributed by atoms with Gasteiger partial charge in [-0.2, -0.15) is 5.10 Å². The van der Waals surface area contributed by atoms with Crippen molar-refractivity contribution in [3.8, 4) is 16.5 Å². The first kappa shape index (κ1) is 21.3. The third-order valence-electron chi connectivity index (χ3n) is 4.20. The van der Waals surface area contributed by atoms with Crippen LogP contribution in [-0.4, -0.2) is 34.3 Å². The number of hydrogen-bond donors (Lipinski definition) is 2. The molecule has 2 N–H and O–H groups in total. The molecule has 1 aliphatic heterocycles. The van der Waals surface area contributed by atoms with Crippen molar-refractivity contribution in [1.82, 2.24) is 9.88 Å². The molecule has 8 nitrogen and oxygen atoms in total. The Kier molecular flexibility index (Phi) is 5.96. The predicted octanol–water partition coefficient (Wildman–Crippen LogP) is 3.54. The maximum atomic E-state index is 13.0. The lowest BCUT2D eigenvalue weighted by atomic mass is 10.2. The number of ether oxygens (including phenoxy) is 1. The number of aromatic nitrogens is 1. The molecule has 0 saturated carbocycles. The molecular weight excluding hydrogens is 470 g/mol. The first-order valence-corrected chi connectivity index (χ1v) is 10.4. The van der Waals surface area contributed by atoms with Crippen molar-refractivity contribution in [2.45, 2.75) is 6.35 Å². The van der Waals surface area contributed by atoms with E-state index in [1.54, 1.807) is 6.07 Å². The Hall–Kier alpha value is -2.92. The molecule has 0 fully saturated rings. The maximum absolute atomic E-state index is 13.0. The van der Waals surface area contributed by atoms with Gasteiger partial charge in [-0.25, -0.2) is 9.40 Å². The highest BCUT2D eigenvalue weighted by atomic mass is 35.5. The van der Waals surface area contributed by atoms with Gasteiger partial charge in [0.05, 0.1) is 21.9 Å². The monoisotopic (exact) mass is 482 g/mol. The molecule has 0 radical (unpaired) electrons. The van der Waals surface area contributed by atoms with Gasteiger partial charge < -0.3 is 15.2 Å². The Bertz CT molecular complexity index is 1210. The van der Waals surface area contributed by atoms with E-state index in [1.165, 1.54) is 46.4 Å². The van der Waals surface area contributed by atoms with Crippen LogP contribution in [-0.2, 0) is 4.79 Å². The number of nitrogens with zero attached hydrogens (tertiary/aromatic N) is 3. The number of carbonyl (C=O) groups excluding carboxylic acids is 1. The number of benzene rings is 1. The summed E-state index contributed by atoms with van der Waals surface area (Å²) in [6, 6.07) is 9.22. The van der Waals surface area contributed by atoms with E-state index in [4.69, 9.17) is 27.9 Å². The summed E-state index contributed by atoms with van der Waals surface area (Å²) in [5, 5.41) is 19.7.